The summed E-state index contributed by atoms with van der Waals surface area (Å²) in [7, 11) is 0. The van der Waals surface area contributed by atoms with Crippen LogP contribution in [0.1, 0.15) is 79.3 Å². The quantitative estimate of drug-likeness (QED) is 0.666. The number of fused-ring (bicyclic) bond motifs is 3. The summed E-state index contributed by atoms with van der Waals surface area (Å²) < 4.78 is 6.14. The Hall–Kier alpha value is -2.29. The highest BCUT2D eigenvalue weighted by Crippen LogP contribution is 2.48. The number of aryl methyl sites for hydroxylation is 1. The number of phenols is 1. The molecule has 0 bridgehead atoms. The molecule has 2 aromatic carbocycles. The molecule has 0 saturated heterocycles. The number of benzene rings is 2. The molecular formula is C25H30O3. The first-order valence-electron chi connectivity index (χ1n) is 10.7. The lowest BCUT2D eigenvalue weighted by molar-refractivity contribution is 0.0915. The van der Waals surface area contributed by atoms with E-state index in [-0.39, 0.29) is 17.6 Å². The summed E-state index contributed by atoms with van der Waals surface area (Å²) in [6.07, 6.45) is 8.37. The standard InChI is InChI=1S/C25H30O3/c1-17(8-7-11-18-9-3-2-4-10-18)28-20-15-22-21-13-6-5-12-19(21)14-23(26)25(22)24(27)16-20/h2-4,9-10,15-17,19,21,27H,5-8,11-14H2,1H3. The van der Waals surface area contributed by atoms with Gasteiger partial charge in [-0.05, 0) is 68.1 Å². The van der Waals surface area contributed by atoms with Crippen molar-refractivity contribution in [2.75, 3.05) is 0 Å². The van der Waals surface area contributed by atoms with Gasteiger partial charge < -0.3 is 9.84 Å². The van der Waals surface area contributed by atoms with Crippen LogP contribution in [-0.2, 0) is 6.42 Å². The maximum absolute atomic E-state index is 12.6. The van der Waals surface area contributed by atoms with Crippen LogP contribution in [-0.4, -0.2) is 17.0 Å². The molecule has 0 radical (unpaired) electrons. The summed E-state index contributed by atoms with van der Waals surface area (Å²) in [6, 6.07) is 14.2. The molecule has 0 aliphatic heterocycles. The van der Waals surface area contributed by atoms with Gasteiger partial charge in [-0.2, -0.15) is 0 Å². The highest BCUT2D eigenvalue weighted by Gasteiger charge is 2.37. The predicted molar refractivity (Wildman–Crippen MR) is 111 cm³/mol. The Morgan fingerprint density at radius 3 is 2.75 bits per heavy atom. The number of phenolic OH excluding ortho intramolecular Hbond substituents is 1. The maximum Gasteiger partial charge on any atom is 0.167 e. The van der Waals surface area contributed by atoms with E-state index in [0.717, 1.165) is 37.7 Å². The van der Waals surface area contributed by atoms with Gasteiger partial charge in [-0.15, -0.1) is 0 Å². The number of carbonyl (C=O) groups excluding carboxylic acids is 1. The molecule has 0 aromatic heterocycles. The van der Waals surface area contributed by atoms with Crippen LogP contribution in [0, 0.1) is 5.92 Å². The SMILES string of the molecule is CC(CCCc1ccccc1)Oc1cc(O)c2c(c1)C1CCCCC1CC2=O. The van der Waals surface area contributed by atoms with Gasteiger partial charge in [-0.1, -0.05) is 43.2 Å². The molecule has 28 heavy (non-hydrogen) atoms. The summed E-state index contributed by atoms with van der Waals surface area (Å²) >= 11 is 0. The van der Waals surface area contributed by atoms with Crippen molar-refractivity contribution < 1.29 is 14.6 Å². The Morgan fingerprint density at radius 2 is 1.93 bits per heavy atom. The Balaban J connectivity index is 1.44. The van der Waals surface area contributed by atoms with Crippen molar-refractivity contribution in [2.45, 2.75) is 70.3 Å². The molecule has 2 aromatic rings. The minimum Gasteiger partial charge on any atom is -0.507 e. The zero-order chi connectivity index (χ0) is 19.5. The van der Waals surface area contributed by atoms with E-state index in [0.29, 0.717) is 29.6 Å². The first-order chi connectivity index (χ1) is 13.6. The second-order valence-electron chi connectivity index (χ2n) is 8.49. The van der Waals surface area contributed by atoms with E-state index >= 15 is 0 Å². The molecule has 3 atom stereocenters. The third-order valence-electron chi connectivity index (χ3n) is 6.41. The number of ketones is 1. The fourth-order valence-electron chi connectivity index (χ4n) is 5.02. The van der Waals surface area contributed by atoms with Gasteiger partial charge in [0.1, 0.15) is 11.5 Å². The van der Waals surface area contributed by atoms with Gasteiger partial charge in [0.05, 0.1) is 11.7 Å². The van der Waals surface area contributed by atoms with Gasteiger partial charge in [-0.25, -0.2) is 0 Å². The van der Waals surface area contributed by atoms with E-state index in [1.807, 2.05) is 12.1 Å². The molecule has 2 aliphatic carbocycles. The summed E-state index contributed by atoms with van der Waals surface area (Å²) in [5, 5.41) is 10.5. The summed E-state index contributed by atoms with van der Waals surface area (Å²) in [6.45, 7) is 2.08. The average Bonchev–Trinajstić information content (AvgIpc) is 2.68. The molecule has 1 fully saturated rings. The first kappa shape index (κ1) is 19.0. The lowest BCUT2D eigenvalue weighted by Crippen LogP contribution is -2.28. The molecule has 4 rings (SSSR count). The highest BCUT2D eigenvalue weighted by atomic mass is 16.5. The monoisotopic (exact) mass is 378 g/mol. The van der Waals surface area contributed by atoms with Crippen LogP contribution < -0.4 is 4.74 Å². The number of ether oxygens (including phenoxy) is 1. The van der Waals surface area contributed by atoms with Crippen LogP contribution in [0.2, 0.25) is 0 Å². The molecule has 3 unspecified atom stereocenters. The van der Waals surface area contributed by atoms with Crippen molar-refractivity contribution in [1.82, 2.24) is 0 Å². The van der Waals surface area contributed by atoms with Crippen molar-refractivity contribution in [3.63, 3.8) is 0 Å². The van der Waals surface area contributed by atoms with Crippen molar-refractivity contribution in [1.29, 1.82) is 0 Å². The Labute approximate surface area is 167 Å². The van der Waals surface area contributed by atoms with Gasteiger partial charge >= 0.3 is 0 Å². The number of aromatic hydroxyl groups is 1. The normalized spacial score (nSPS) is 22.2. The lowest BCUT2D eigenvalue weighted by atomic mass is 9.67. The van der Waals surface area contributed by atoms with Gasteiger partial charge in [0, 0.05) is 12.5 Å². The fraction of sp³-hybridized carbons (Fsp3) is 0.480. The largest absolute Gasteiger partial charge is 0.507 e. The van der Waals surface area contributed by atoms with Crippen molar-refractivity contribution in [3.05, 3.63) is 59.2 Å². The van der Waals surface area contributed by atoms with Crippen LogP contribution in [0.3, 0.4) is 0 Å². The summed E-state index contributed by atoms with van der Waals surface area (Å²) in [5.74, 6) is 1.72. The van der Waals surface area contributed by atoms with E-state index in [1.54, 1.807) is 6.07 Å². The molecular weight excluding hydrogens is 348 g/mol. The molecule has 0 amide bonds. The molecule has 3 nitrogen and oxygen atoms in total. The minimum atomic E-state index is 0.0719. The number of hydrogen-bond acceptors (Lipinski definition) is 3. The second kappa shape index (κ2) is 8.38. The average molecular weight is 379 g/mol. The molecule has 0 spiro atoms. The van der Waals surface area contributed by atoms with Crippen molar-refractivity contribution >= 4 is 5.78 Å². The van der Waals surface area contributed by atoms with Crippen LogP contribution in [0.4, 0.5) is 0 Å². The van der Waals surface area contributed by atoms with Gasteiger partial charge in [-0.3, -0.25) is 4.79 Å². The van der Waals surface area contributed by atoms with E-state index in [2.05, 4.69) is 31.2 Å². The van der Waals surface area contributed by atoms with E-state index < -0.39 is 0 Å². The summed E-state index contributed by atoms with van der Waals surface area (Å²) in [4.78, 5) is 12.6. The lowest BCUT2D eigenvalue weighted by Gasteiger charge is -2.36. The van der Waals surface area contributed by atoms with Crippen LogP contribution in [0.25, 0.3) is 0 Å². The fourth-order valence-corrected chi connectivity index (χ4v) is 5.02. The predicted octanol–water partition coefficient (Wildman–Crippen LogP) is 6.04. The van der Waals surface area contributed by atoms with Crippen LogP contribution >= 0.6 is 0 Å². The molecule has 0 heterocycles. The van der Waals surface area contributed by atoms with E-state index in [4.69, 9.17) is 4.74 Å². The van der Waals surface area contributed by atoms with Gasteiger partial charge in [0.2, 0.25) is 0 Å². The number of hydrogen-bond donors (Lipinski definition) is 1. The first-order valence-corrected chi connectivity index (χ1v) is 10.7. The molecule has 1 saturated carbocycles. The third kappa shape index (κ3) is 4.09. The number of Topliss-reactive ketones (excluding diaryl/α,β-unsaturated/α-hetero) is 1. The Kier molecular flexibility index (Phi) is 5.70. The zero-order valence-electron chi connectivity index (χ0n) is 16.7. The Morgan fingerprint density at radius 1 is 1.14 bits per heavy atom. The molecule has 1 N–H and O–H groups in total. The smallest absolute Gasteiger partial charge is 0.167 e. The van der Waals surface area contributed by atoms with Crippen molar-refractivity contribution in [2.24, 2.45) is 5.92 Å². The summed E-state index contributed by atoms with van der Waals surface area (Å²) in [5.41, 5.74) is 2.92. The minimum absolute atomic E-state index is 0.0719. The maximum atomic E-state index is 12.6. The zero-order valence-corrected chi connectivity index (χ0v) is 16.7. The highest BCUT2D eigenvalue weighted by molar-refractivity contribution is 6.01. The van der Waals surface area contributed by atoms with Crippen LogP contribution in [0.15, 0.2) is 42.5 Å². The van der Waals surface area contributed by atoms with Crippen molar-refractivity contribution in [3.8, 4) is 11.5 Å². The topological polar surface area (TPSA) is 46.5 Å². The molecule has 3 heteroatoms. The van der Waals surface area contributed by atoms with E-state index in [1.165, 1.54) is 18.4 Å². The van der Waals surface area contributed by atoms with E-state index in [9.17, 15) is 9.90 Å². The number of rotatable bonds is 6. The molecule has 148 valence electrons. The second-order valence-corrected chi connectivity index (χ2v) is 8.49. The number of carbonyl (C=O) groups is 1. The van der Waals surface area contributed by atoms with Crippen LogP contribution in [0.5, 0.6) is 11.5 Å². The third-order valence-corrected chi connectivity index (χ3v) is 6.41. The molecule has 2 aliphatic rings. The van der Waals surface area contributed by atoms with Gasteiger partial charge in [0.15, 0.2) is 5.78 Å². The van der Waals surface area contributed by atoms with Gasteiger partial charge in [0.25, 0.3) is 0 Å². The Bertz CT molecular complexity index is 827.